The fraction of sp³-hybridized carbons (Fsp3) is 0.0833. The van der Waals surface area contributed by atoms with Crippen LogP contribution >= 0.6 is 0 Å². The Morgan fingerprint density at radius 1 is 0.759 bits per heavy atom. The van der Waals surface area contributed by atoms with Gasteiger partial charge in [0.15, 0.2) is 0 Å². The molecule has 0 amide bonds. The fourth-order valence-electron chi connectivity index (χ4n) is 3.67. The summed E-state index contributed by atoms with van der Waals surface area (Å²) in [5, 5.41) is 9.42. The first-order valence-electron chi connectivity index (χ1n) is 9.28. The molecule has 3 aromatic heterocycles. The van der Waals surface area contributed by atoms with Gasteiger partial charge in [-0.1, -0.05) is 30.3 Å². The Balaban J connectivity index is 1.97. The van der Waals surface area contributed by atoms with Crippen LogP contribution in [0.1, 0.15) is 39.8 Å². The molecule has 29 heavy (non-hydrogen) atoms. The zero-order valence-electron chi connectivity index (χ0n) is 15.7. The molecule has 2 unspecified atom stereocenters. The second-order valence-electron chi connectivity index (χ2n) is 6.75. The zero-order valence-corrected chi connectivity index (χ0v) is 15.7. The third-order valence-electron chi connectivity index (χ3n) is 4.91. The van der Waals surface area contributed by atoms with Crippen molar-refractivity contribution in [1.29, 1.82) is 5.26 Å². The molecule has 0 fully saturated rings. The standard InChI is InChI=1S/C24H19N5/c25-14-17-5-1-6-18(13-17)23(19-7-3-11-27-15-19)24(20-8-4-12-28-16-20)21-9-2-10-22(26)29-21/h1-13,15-16,23-24H,(H2,26,29). The minimum Gasteiger partial charge on any atom is -0.384 e. The van der Waals surface area contributed by atoms with Gasteiger partial charge in [0.2, 0.25) is 0 Å². The molecule has 4 rings (SSSR count). The minimum absolute atomic E-state index is 0.115. The Bertz CT molecular complexity index is 1140. The molecule has 2 N–H and O–H groups in total. The van der Waals surface area contributed by atoms with Gasteiger partial charge in [-0.25, -0.2) is 4.98 Å². The number of hydrogen-bond donors (Lipinski definition) is 1. The third kappa shape index (κ3) is 3.97. The van der Waals surface area contributed by atoms with Crippen molar-refractivity contribution in [3.8, 4) is 6.07 Å². The molecule has 4 aromatic rings. The molecule has 0 bridgehead atoms. The lowest BCUT2D eigenvalue weighted by Gasteiger charge is -2.28. The van der Waals surface area contributed by atoms with Crippen molar-refractivity contribution >= 4 is 5.82 Å². The van der Waals surface area contributed by atoms with Gasteiger partial charge in [-0.3, -0.25) is 9.97 Å². The van der Waals surface area contributed by atoms with E-state index in [2.05, 4.69) is 21.0 Å². The molecule has 3 heterocycles. The van der Waals surface area contributed by atoms with Gasteiger partial charge in [-0.05, 0) is 53.1 Å². The fourth-order valence-corrected chi connectivity index (χ4v) is 3.67. The number of rotatable bonds is 5. The van der Waals surface area contributed by atoms with E-state index in [0.717, 1.165) is 22.4 Å². The molecular weight excluding hydrogens is 358 g/mol. The molecule has 0 radical (unpaired) electrons. The Hall–Kier alpha value is -4.04. The number of nitrogens with zero attached hydrogens (tertiary/aromatic N) is 4. The average Bonchev–Trinajstić information content (AvgIpc) is 2.78. The number of benzene rings is 1. The van der Waals surface area contributed by atoms with Crippen LogP contribution < -0.4 is 5.73 Å². The number of aromatic nitrogens is 3. The van der Waals surface area contributed by atoms with Gasteiger partial charge in [0.1, 0.15) is 5.82 Å². The van der Waals surface area contributed by atoms with Crippen LogP contribution in [-0.2, 0) is 0 Å². The predicted octanol–water partition coefficient (Wildman–Crippen LogP) is 4.29. The summed E-state index contributed by atoms with van der Waals surface area (Å²) in [7, 11) is 0. The van der Waals surface area contributed by atoms with Crippen LogP contribution in [0.2, 0.25) is 0 Å². The van der Waals surface area contributed by atoms with Crippen LogP contribution in [0.5, 0.6) is 0 Å². The van der Waals surface area contributed by atoms with E-state index >= 15 is 0 Å². The Morgan fingerprint density at radius 3 is 2.03 bits per heavy atom. The number of nitrogen functional groups attached to an aromatic ring is 1. The lowest BCUT2D eigenvalue weighted by atomic mass is 9.76. The Morgan fingerprint density at radius 2 is 1.41 bits per heavy atom. The van der Waals surface area contributed by atoms with Gasteiger partial charge in [0, 0.05) is 36.6 Å². The maximum Gasteiger partial charge on any atom is 0.123 e. The maximum absolute atomic E-state index is 9.42. The van der Waals surface area contributed by atoms with Crippen molar-refractivity contribution in [2.75, 3.05) is 5.73 Å². The molecule has 5 heteroatoms. The van der Waals surface area contributed by atoms with Crippen molar-refractivity contribution in [2.24, 2.45) is 0 Å². The van der Waals surface area contributed by atoms with E-state index in [1.165, 1.54) is 0 Å². The van der Waals surface area contributed by atoms with Gasteiger partial charge in [-0.15, -0.1) is 0 Å². The minimum atomic E-state index is -0.148. The summed E-state index contributed by atoms with van der Waals surface area (Å²) in [6.07, 6.45) is 7.22. The molecule has 140 valence electrons. The molecule has 0 aliphatic rings. The first kappa shape index (κ1) is 18.3. The van der Waals surface area contributed by atoms with Crippen molar-refractivity contribution in [2.45, 2.75) is 11.8 Å². The first-order valence-corrected chi connectivity index (χ1v) is 9.28. The second kappa shape index (κ2) is 8.32. The lowest BCUT2D eigenvalue weighted by molar-refractivity contribution is 0.670. The second-order valence-corrected chi connectivity index (χ2v) is 6.75. The summed E-state index contributed by atoms with van der Waals surface area (Å²) in [5.74, 6) is 0.202. The number of hydrogen-bond acceptors (Lipinski definition) is 5. The van der Waals surface area contributed by atoms with Crippen LogP contribution in [0.15, 0.2) is 91.5 Å². The van der Waals surface area contributed by atoms with Crippen LogP contribution in [0, 0.1) is 11.3 Å². The van der Waals surface area contributed by atoms with E-state index in [0.29, 0.717) is 11.4 Å². The molecule has 0 aliphatic carbocycles. The van der Waals surface area contributed by atoms with Crippen LogP contribution in [0.3, 0.4) is 0 Å². The highest BCUT2D eigenvalue weighted by Gasteiger charge is 2.30. The van der Waals surface area contributed by atoms with E-state index in [9.17, 15) is 5.26 Å². The van der Waals surface area contributed by atoms with Crippen LogP contribution in [0.25, 0.3) is 0 Å². The largest absolute Gasteiger partial charge is 0.384 e. The van der Waals surface area contributed by atoms with E-state index in [-0.39, 0.29) is 11.8 Å². The number of pyridine rings is 3. The Labute approximate surface area is 169 Å². The van der Waals surface area contributed by atoms with Gasteiger partial charge in [0.25, 0.3) is 0 Å². The molecule has 1 aromatic carbocycles. The monoisotopic (exact) mass is 377 g/mol. The van der Waals surface area contributed by atoms with E-state index in [1.807, 2.05) is 73.1 Å². The lowest BCUT2D eigenvalue weighted by Crippen LogP contribution is -2.17. The highest BCUT2D eigenvalue weighted by Crippen LogP contribution is 2.42. The third-order valence-corrected chi connectivity index (χ3v) is 4.91. The molecule has 2 atom stereocenters. The zero-order chi connectivity index (χ0) is 20.1. The SMILES string of the molecule is N#Cc1cccc(C(c2cccnc2)C(c2cccnc2)c2cccc(N)n2)c1. The van der Waals surface area contributed by atoms with Crippen LogP contribution in [-0.4, -0.2) is 15.0 Å². The van der Waals surface area contributed by atoms with Crippen molar-refractivity contribution in [3.63, 3.8) is 0 Å². The number of nitriles is 1. The van der Waals surface area contributed by atoms with Crippen molar-refractivity contribution in [1.82, 2.24) is 15.0 Å². The highest BCUT2D eigenvalue weighted by atomic mass is 14.8. The molecular formula is C24H19N5. The highest BCUT2D eigenvalue weighted by molar-refractivity contribution is 5.45. The van der Waals surface area contributed by atoms with Gasteiger partial charge < -0.3 is 5.73 Å². The summed E-state index contributed by atoms with van der Waals surface area (Å²) < 4.78 is 0. The van der Waals surface area contributed by atoms with Crippen molar-refractivity contribution in [3.05, 3.63) is 119 Å². The molecule has 0 saturated heterocycles. The summed E-state index contributed by atoms with van der Waals surface area (Å²) in [6, 6.07) is 23.5. The predicted molar refractivity (Wildman–Crippen MR) is 112 cm³/mol. The normalized spacial score (nSPS) is 12.7. The topological polar surface area (TPSA) is 88.5 Å². The van der Waals surface area contributed by atoms with E-state index in [1.54, 1.807) is 18.5 Å². The summed E-state index contributed by atoms with van der Waals surface area (Å²) in [5.41, 5.74) is 10.5. The number of anilines is 1. The summed E-state index contributed by atoms with van der Waals surface area (Å²) in [6.45, 7) is 0. The van der Waals surface area contributed by atoms with Crippen molar-refractivity contribution < 1.29 is 0 Å². The number of nitrogens with two attached hydrogens (primary N) is 1. The van der Waals surface area contributed by atoms with Crippen LogP contribution in [0.4, 0.5) is 5.82 Å². The van der Waals surface area contributed by atoms with Gasteiger partial charge >= 0.3 is 0 Å². The summed E-state index contributed by atoms with van der Waals surface area (Å²) in [4.78, 5) is 13.3. The van der Waals surface area contributed by atoms with Gasteiger partial charge in [-0.2, -0.15) is 5.26 Å². The quantitative estimate of drug-likeness (QED) is 0.560. The first-order chi connectivity index (χ1) is 14.3. The smallest absolute Gasteiger partial charge is 0.123 e. The van der Waals surface area contributed by atoms with E-state index in [4.69, 9.17) is 5.73 Å². The molecule has 0 aliphatic heterocycles. The van der Waals surface area contributed by atoms with Gasteiger partial charge in [0.05, 0.1) is 17.3 Å². The molecule has 0 spiro atoms. The van der Waals surface area contributed by atoms with E-state index < -0.39 is 0 Å². The summed E-state index contributed by atoms with van der Waals surface area (Å²) >= 11 is 0. The molecule has 0 saturated carbocycles. The average molecular weight is 377 g/mol. The maximum atomic E-state index is 9.42. The Kier molecular flexibility index (Phi) is 5.26. The molecule has 5 nitrogen and oxygen atoms in total.